The summed E-state index contributed by atoms with van der Waals surface area (Å²) in [6.07, 6.45) is 1.47. The molecule has 0 radical (unpaired) electrons. The molecule has 1 saturated carbocycles. The van der Waals surface area contributed by atoms with Crippen molar-refractivity contribution in [1.82, 2.24) is 10.2 Å². The number of anilines is 1. The number of aliphatic hydroxyl groups excluding tert-OH is 2. The van der Waals surface area contributed by atoms with Crippen molar-refractivity contribution in [1.29, 1.82) is 0 Å². The molecule has 3 N–H and O–H groups in total. The number of carbonyl (C=O) groups is 1. The molecular formula is C20H27N3O4S. The van der Waals surface area contributed by atoms with E-state index >= 15 is 0 Å². The Morgan fingerprint density at radius 2 is 1.86 bits per heavy atom. The zero-order valence-corrected chi connectivity index (χ0v) is 16.8. The summed E-state index contributed by atoms with van der Waals surface area (Å²) < 4.78 is 5.23. The molecule has 1 amide bonds. The fourth-order valence-electron chi connectivity index (χ4n) is 4.72. The molecule has 2 saturated heterocycles. The highest BCUT2D eigenvalue weighted by atomic mass is 32.1. The van der Waals surface area contributed by atoms with Crippen molar-refractivity contribution in [2.75, 3.05) is 25.1 Å². The lowest BCUT2D eigenvalue weighted by Crippen LogP contribution is -2.61. The lowest BCUT2D eigenvalue weighted by atomic mass is 9.76. The Morgan fingerprint density at radius 1 is 1.18 bits per heavy atom. The number of thiocarbonyl (C=S) groups is 1. The van der Waals surface area contributed by atoms with Crippen molar-refractivity contribution in [2.45, 2.75) is 50.0 Å². The van der Waals surface area contributed by atoms with Gasteiger partial charge in [0.1, 0.15) is 11.9 Å². The highest BCUT2D eigenvalue weighted by Gasteiger charge is 2.54. The second-order valence-corrected chi connectivity index (χ2v) is 8.21. The molecule has 0 aromatic heterocycles. The summed E-state index contributed by atoms with van der Waals surface area (Å²) in [5.74, 6) is 0.348. The van der Waals surface area contributed by atoms with Crippen LogP contribution < -0.4 is 15.0 Å². The van der Waals surface area contributed by atoms with E-state index in [2.05, 4.69) is 5.32 Å². The number of amides is 1. The molecule has 1 aromatic carbocycles. The van der Waals surface area contributed by atoms with Crippen molar-refractivity contribution in [3.05, 3.63) is 24.3 Å². The number of hydrogen-bond acceptors (Lipinski definition) is 5. The number of hydrogen-bond donors (Lipinski definition) is 3. The average molecular weight is 406 g/mol. The smallest absolute Gasteiger partial charge is 0.227 e. The monoisotopic (exact) mass is 405 g/mol. The highest BCUT2D eigenvalue weighted by molar-refractivity contribution is 7.80. The van der Waals surface area contributed by atoms with Crippen LogP contribution in [0.2, 0.25) is 0 Å². The first-order valence-corrected chi connectivity index (χ1v) is 10.3. The van der Waals surface area contributed by atoms with Gasteiger partial charge >= 0.3 is 0 Å². The number of fused-ring (bicyclic) bond motifs is 1. The molecule has 152 valence electrons. The lowest BCUT2D eigenvalue weighted by molar-refractivity contribution is -0.142. The zero-order valence-electron chi connectivity index (χ0n) is 16.0. The van der Waals surface area contributed by atoms with Crippen molar-refractivity contribution >= 4 is 28.9 Å². The van der Waals surface area contributed by atoms with E-state index < -0.39 is 24.2 Å². The number of nitrogens with zero attached hydrogens (tertiary/aromatic N) is 2. The first kappa shape index (κ1) is 19.4. The normalized spacial score (nSPS) is 32.7. The minimum atomic E-state index is -0.975. The van der Waals surface area contributed by atoms with Gasteiger partial charge in [0, 0.05) is 18.8 Å². The quantitative estimate of drug-likeness (QED) is 0.644. The number of methoxy groups -OCH3 is 1. The van der Waals surface area contributed by atoms with Gasteiger partial charge in [0.2, 0.25) is 5.91 Å². The van der Waals surface area contributed by atoms with Gasteiger partial charge in [-0.15, -0.1) is 0 Å². The third-order valence-electron chi connectivity index (χ3n) is 6.18. The molecule has 1 aliphatic carbocycles. The van der Waals surface area contributed by atoms with Crippen LogP contribution in [0, 0.1) is 5.92 Å². The number of piperidine rings is 1. The molecule has 7 nitrogen and oxygen atoms in total. The maximum Gasteiger partial charge on any atom is 0.227 e. The number of nitrogens with one attached hydrogen (secondary N) is 1. The summed E-state index contributed by atoms with van der Waals surface area (Å²) in [6.45, 7) is 1.51. The van der Waals surface area contributed by atoms with E-state index in [-0.39, 0.29) is 18.4 Å². The maximum absolute atomic E-state index is 13.3. The van der Waals surface area contributed by atoms with Crippen LogP contribution in [0.3, 0.4) is 0 Å². The third kappa shape index (κ3) is 3.33. The van der Waals surface area contributed by atoms with Crippen LogP contribution in [0.25, 0.3) is 0 Å². The predicted molar refractivity (Wildman–Crippen MR) is 109 cm³/mol. The van der Waals surface area contributed by atoms with Crippen molar-refractivity contribution in [2.24, 2.45) is 5.92 Å². The zero-order chi connectivity index (χ0) is 19.8. The van der Waals surface area contributed by atoms with Gasteiger partial charge in [0.25, 0.3) is 0 Å². The Balaban J connectivity index is 1.67. The van der Waals surface area contributed by atoms with Crippen LogP contribution in [-0.2, 0) is 4.79 Å². The van der Waals surface area contributed by atoms with Crippen molar-refractivity contribution in [3.8, 4) is 5.75 Å². The second kappa shape index (κ2) is 7.85. The third-order valence-corrected chi connectivity index (χ3v) is 6.49. The fraction of sp³-hybridized carbons (Fsp3) is 0.600. The standard InChI is InChI=1S/C20H27N3O4S/c1-27-13-7-5-12(6-8-13)23-17-14(19(26)22-9-3-2-4-10-22)11-15(24)18(25)16(17)21-20(23)28/h5-8,14-18,24-25H,2-4,9-11H2,1H3,(H,21,28). The van der Waals surface area contributed by atoms with Crippen LogP contribution in [0.1, 0.15) is 25.7 Å². The number of ether oxygens (including phenoxy) is 1. The molecular weight excluding hydrogens is 378 g/mol. The van der Waals surface area contributed by atoms with E-state index in [1.54, 1.807) is 7.11 Å². The van der Waals surface area contributed by atoms with Gasteiger partial charge in [0.15, 0.2) is 5.11 Å². The summed E-state index contributed by atoms with van der Waals surface area (Å²) >= 11 is 5.55. The van der Waals surface area contributed by atoms with Gasteiger partial charge in [-0.05, 0) is 62.2 Å². The molecule has 28 heavy (non-hydrogen) atoms. The summed E-state index contributed by atoms with van der Waals surface area (Å²) in [7, 11) is 1.61. The van der Waals surface area contributed by atoms with Crippen LogP contribution in [-0.4, -0.2) is 70.6 Å². The Bertz CT molecular complexity index is 737. The molecule has 8 heteroatoms. The average Bonchev–Trinajstić information content (AvgIpc) is 3.08. The predicted octanol–water partition coefficient (Wildman–Crippen LogP) is 0.881. The Kier molecular flexibility index (Phi) is 5.44. The number of benzene rings is 1. The van der Waals surface area contributed by atoms with Gasteiger partial charge < -0.3 is 30.1 Å². The molecule has 2 aliphatic heterocycles. The molecule has 2 heterocycles. The van der Waals surface area contributed by atoms with Crippen molar-refractivity contribution < 1.29 is 19.7 Å². The minimum absolute atomic E-state index is 0.0469. The van der Waals surface area contributed by atoms with Gasteiger partial charge in [0.05, 0.1) is 31.2 Å². The maximum atomic E-state index is 13.3. The largest absolute Gasteiger partial charge is 0.497 e. The first-order chi connectivity index (χ1) is 13.5. The molecule has 1 aromatic rings. The van der Waals surface area contributed by atoms with Gasteiger partial charge in [-0.2, -0.15) is 0 Å². The topological polar surface area (TPSA) is 85.3 Å². The van der Waals surface area contributed by atoms with Crippen LogP contribution in [0.5, 0.6) is 5.75 Å². The van der Waals surface area contributed by atoms with E-state index in [0.717, 1.165) is 43.8 Å². The number of likely N-dealkylation sites (tertiary alicyclic amines) is 1. The Hall–Kier alpha value is -1.90. The van der Waals surface area contributed by atoms with Gasteiger partial charge in [-0.3, -0.25) is 4.79 Å². The van der Waals surface area contributed by atoms with E-state index in [1.807, 2.05) is 34.1 Å². The molecule has 0 spiro atoms. The fourth-order valence-corrected chi connectivity index (χ4v) is 5.08. The summed E-state index contributed by atoms with van der Waals surface area (Å²) in [6, 6.07) is 6.66. The Morgan fingerprint density at radius 3 is 2.50 bits per heavy atom. The molecule has 5 atom stereocenters. The number of rotatable bonds is 3. The lowest BCUT2D eigenvalue weighted by Gasteiger charge is -2.43. The SMILES string of the molecule is COc1ccc(N2C(=S)NC3C(O)C(O)CC(C(=O)N4CCCCC4)C32)cc1. The number of carbonyl (C=O) groups excluding carboxylic acids is 1. The summed E-state index contributed by atoms with van der Waals surface area (Å²) in [5.41, 5.74) is 0.839. The van der Waals surface area contributed by atoms with Crippen LogP contribution in [0.4, 0.5) is 5.69 Å². The molecule has 4 rings (SSSR count). The highest BCUT2D eigenvalue weighted by Crippen LogP contribution is 2.38. The molecule has 3 aliphatic rings. The molecule has 3 fully saturated rings. The summed E-state index contributed by atoms with van der Waals surface area (Å²) in [5, 5.41) is 24.6. The second-order valence-electron chi connectivity index (χ2n) is 7.82. The Labute approximate surface area is 170 Å². The van der Waals surface area contributed by atoms with Crippen LogP contribution in [0.15, 0.2) is 24.3 Å². The van der Waals surface area contributed by atoms with Crippen molar-refractivity contribution in [3.63, 3.8) is 0 Å². The van der Waals surface area contributed by atoms with E-state index in [9.17, 15) is 15.0 Å². The minimum Gasteiger partial charge on any atom is -0.497 e. The van der Waals surface area contributed by atoms with Crippen LogP contribution >= 0.6 is 12.2 Å². The van der Waals surface area contributed by atoms with Gasteiger partial charge in [-0.25, -0.2) is 0 Å². The molecule has 0 bridgehead atoms. The van der Waals surface area contributed by atoms with E-state index in [0.29, 0.717) is 5.11 Å². The number of aliphatic hydroxyl groups is 2. The summed E-state index contributed by atoms with van der Waals surface area (Å²) in [4.78, 5) is 17.2. The van der Waals surface area contributed by atoms with Gasteiger partial charge in [-0.1, -0.05) is 0 Å². The molecule has 5 unspecified atom stereocenters. The first-order valence-electron chi connectivity index (χ1n) is 9.90. The van der Waals surface area contributed by atoms with E-state index in [4.69, 9.17) is 17.0 Å². The van der Waals surface area contributed by atoms with E-state index in [1.165, 1.54) is 0 Å².